The van der Waals surface area contributed by atoms with Gasteiger partial charge in [-0.25, -0.2) is 13.7 Å². The van der Waals surface area contributed by atoms with Crippen LogP contribution in [-0.4, -0.2) is 44.0 Å². The van der Waals surface area contributed by atoms with Crippen molar-refractivity contribution in [3.8, 4) is 0 Å². The summed E-state index contributed by atoms with van der Waals surface area (Å²) in [4.78, 5) is 64.7. The van der Waals surface area contributed by atoms with Crippen LogP contribution in [0.2, 0.25) is 0 Å². The molecule has 9 N–H and O–H groups in total. The Morgan fingerprint density at radius 1 is 0.429 bits per heavy atom. The molecule has 0 rings (SSSR count). The Morgan fingerprint density at radius 3 is 0.429 bits per heavy atom. The van der Waals surface area contributed by atoms with E-state index in [1.165, 1.54) is 0 Å². The van der Waals surface area contributed by atoms with E-state index >= 15 is 0 Å². The van der Waals surface area contributed by atoms with Crippen molar-refractivity contribution in [1.29, 1.82) is 0 Å². The molecule has 0 bridgehead atoms. The van der Waals surface area contributed by atoms with Gasteiger partial charge in [0.25, 0.3) is 0 Å². The van der Waals surface area contributed by atoms with Crippen molar-refractivity contribution >= 4 is 23.5 Å². The summed E-state index contributed by atoms with van der Waals surface area (Å²) in [6.07, 6.45) is 0. The van der Waals surface area contributed by atoms with Crippen LogP contribution in [0.3, 0.4) is 0 Å². The van der Waals surface area contributed by atoms with Crippen LogP contribution in [0.5, 0.6) is 0 Å². The standard InChI is InChI=1S/La.3H3O4P.9O.3V/c;3*1-5(2,3)4;;;;;;;;;;;;/h;3*(H3,1,2,3,4);;;;;;;;;;;;/q+3;;;;;;;;;;3*-1;;;. The third kappa shape index (κ3) is 5300. The first kappa shape index (κ1) is 47.7. The van der Waals surface area contributed by atoms with Gasteiger partial charge in [0.2, 0.25) is 0 Å². The van der Waals surface area contributed by atoms with E-state index in [4.69, 9.17) is 91.9 Å². The van der Waals surface area contributed by atoms with Crippen molar-refractivity contribution in [3.63, 3.8) is 0 Å². The van der Waals surface area contributed by atoms with E-state index in [0.29, 0.717) is 0 Å². The quantitative estimate of drug-likeness (QED) is 0.105. The van der Waals surface area contributed by atoms with E-state index in [-0.39, 0.29) is 35.6 Å². The third-order valence-electron chi connectivity index (χ3n) is 0. The molecule has 0 saturated carbocycles. The minimum atomic E-state index is -4.64. The SMILES string of the molecule is O=P(O)(O)O.O=P(O)(O)O.O=P(O)(O)O.[La+3].[O]=[V](=[O])[O-].[O]=[V](=[O])[O-].[O]=[V](=[O])[O-]. The molecule has 0 unspecified atom stereocenters. The van der Waals surface area contributed by atoms with Gasteiger partial charge in [-0.3, -0.25) is 0 Å². The first-order chi connectivity index (χ1) is 11.2. The fourth-order valence-electron chi connectivity index (χ4n) is 0. The molecule has 0 radical (unpaired) electrons. The third-order valence-corrected chi connectivity index (χ3v) is 0. The molecule has 21 nitrogen and oxygen atoms in total. The first-order valence-electron chi connectivity index (χ1n) is 3.99. The Labute approximate surface area is 195 Å². The average molecular weight is 730 g/mol. The van der Waals surface area contributed by atoms with Gasteiger partial charge in [-0.15, -0.1) is 0 Å². The Kier molecular flexibility index (Phi) is 45.9. The van der Waals surface area contributed by atoms with Gasteiger partial charge in [-0.2, -0.15) is 0 Å². The molecule has 0 amide bonds. The van der Waals surface area contributed by atoms with Gasteiger partial charge >= 0.3 is 139 Å². The van der Waals surface area contributed by atoms with Gasteiger partial charge in [0.15, 0.2) is 0 Å². The normalized spacial score (nSPS) is 9.00. The summed E-state index contributed by atoms with van der Waals surface area (Å²) in [7, 11) is -13.9. The Hall–Kier alpha value is 1.96. The van der Waals surface area contributed by atoms with E-state index in [0.717, 1.165) is 0 Å². The summed E-state index contributed by atoms with van der Waals surface area (Å²) in [6.45, 7) is 0. The summed E-state index contributed by atoms with van der Waals surface area (Å²) in [6, 6.07) is 0. The number of rotatable bonds is 0. The second kappa shape index (κ2) is 27.0. The van der Waals surface area contributed by atoms with E-state index in [9.17, 15) is 0 Å². The number of phosphoric acid groups is 3. The van der Waals surface area contributed by atoms with E-state index < -0.39 is 69.7 Å². The molecular weight excluding hydrogens is 721 g/mol. The molecule has 0 aromatic heterocycles. The fourth-order valence-corrected chi connectivity index (χ4v) is 0. The van der Waals surface area contributed by atoms with Crippen molar-refractivity contribution in [2.75, 3.05) is 0 Å². The van der Waals surface area contributed by atoms with E-state index in [1.54, 1.807) is 0 Å². The number of hydrogen-bond acceptors (Lipinski definition) is 12. The second-order valence-electron chi connectivity index (χ2n) is 2.21. The molecule has 0 aliphatic rings. The molecule has 0 aliphatic heterocycles. The number of hydrogen-bond donors (Lipinski definition) is 9. The second-order valence-corrected chi connectivity index (χ2v) is 7.39. The van der Waals surface area contributed by atoms with Gasteiger partial charge in [-0.05, 0) is 0 Å². The van der Waals surface area contributed by atoms with Crippen LogP contribution in [0.1, 0.15) is 0 Å². The Morgan fingerprint density at radius 2 is 0.429 bits per heavy atom. The van der Waals surface area contributed by atoms with Gasteiger partial charge in [0.1, 0.15) is 0 Å². The molecule has 0 heterocycles. The molecule has 28 heavy (non-hydrogen) atoms. The zero-order valence-corrected chi connectivity index (χ0v) is 22.7. The summed E-state index contributed by atoms with van der Waals surface area (Å²) in [5, 5.41) is 0. The molecule has 28 heteroatoms. The van der Waals surface area contributed by atoms with Crippen LogP contribution in [0.15, 0.2) is 0 Å². The summed E-state index contributed by atoms with van der Waals surface area (Å²) < 4.78 is 104. The van der Waals surface area contributed by atoms with Crippen molar-refractivity contribution in [2.45, 2.75) is 0 Å². The monoisotopic (exact) mass is 730 g/mol. The van der Waals surface area contributed by atoms with E-state index in [1.807, 2.05) is 0 Å². The Bertz CT molecular complexity index is 532. The predicted octanol–water partition coefficient (Wildman–Crippen LogP) is -7.07. The zero-order valence-electron chi connectivity index (χ0n) is 12.2. The van der Waals surface area contributed by atoms with Gasteiger partial charge in [0.05, 0.1) is 0 Å². The van der Waals surface area contributed by atoms with Gasteiger partial charge in [-0.1, -0.05) is 0 Å². The molecule has 168 valence electrons. The molecule has 0 saturated heterocycles. The van der Waals surface area contributed by atoms with Crippen LogP contribution in [0.4, 0.5) is 0 Å². The molecule has 0 aromatic rings. The maximum atomic E-state index is 8.88. The van der Waals surface area contributed by atoms with E-state index in [2.05, 4.69) is 0 Å². The van der Waals surface area contributed by atoms with Crippen LogP contribution in [0.25, 0.3) is 0 Å². The minimum absolute atomic E-state index is 0. The summed E-state index contributed by atoms with van der Waals surface area (Å²) in [5.74, 6) is 0. The topological polar surface area (TPSA) is 405 Å². The van der Waals surface area contributed by atoms with Crippen LogP contribution in [0, 0.1) is 35.6 Å². The Balaban J connectivity index is -0.0000000377. The van der Waals surface area contributed by atoms with Gasteiger partial charge < -0.3 is 44.0 Å². The average Bonchev–Trinajstić information content (AvgIpc) is 2.01. The van der Waals surface area contributed by atoms with Crippen LogP contribution < -0.4 is 12.1 Å². The van der Waals surface area contributed by atoms with Crippen LogP contribution in [-0.2, 0) is 81.9 Å². The molecule has 0 spiro atoms. The predicted molar refractivity (Wildman–Crippen MR) is 46.9 cm³/mol. The zero-order chi connectivity index (χ0) is 24.2. The molecule has 0 fully saturated rings. The molecular formula is H9LaO21P3V3. The molecule has 0 aliphatic carbocycles. The molecule has 0 atom stereocenters. The van der Waals surface area contributed by atoms with Gasteiger partial charge in [0, 0.05) is 0 Å². The van der Waals surface area contributed by atoms with Crippen LogP contribution >= 0.6 is 23.5 Å². The first-order valence-corrected chi connectivity index (χ1v) is 13.8. The van der Waals surface area contributed by atoms with Crippen molar-refractivity contribution in [2.24, 2.45) is 0 Å². The summed E-state index contributed by atoms with van der Waals surface area (Å²) >= 11 is -11.8. The van der Waals surface area contributed by atoms with Crippen molar-refractivity contribution < 1.29 is 174 Å². The fraction of sp³-hybridized carbons (Fsp3) is 0. The maximum absolute atomic E-state index is 8.88. The summed E-state index contributed by atoms with van der Waals surface area (Å²) in [5.41, 5.74) is 0. The van der Waals surface area contributed by atoms with Crippen molar-refractivity contribution in [3.05, 3.63) is 0 Å². The van der Waals surface area contributed by atoms with Crippen molar-refractivity contribution in [1.82, 2.24) is 0 Å². The molecule has 0 aromatic carbocycles.